The van der Waals surface area contributed by atoms with Gasteiger partial charge in [-0.25, -0.2) is 0 Å². The minimum absolute atomic E-state index is 0.418. The minimum Gasteiger partial charge on any atom is -0.496 e. The van der Waals surface area contributed by atoms with Crippen LogP contribution in [0.15, 0.2) is 18.2 Å². The number of benzene rings is 1. The van der Waals surface area contributed by atoms with Gasteiger partial charge in [-0.2, -0.15) is 0 Å². The summed E-state index contributed by atoms with van der Waals surface area (Å²) in [6.07, 6.45) is 0.685. The number of rotatable bonds is 2. The third-order valence-electron chi connectivity index (χ3n) is 1.69. The molecule has 0 spiro atoms. The molecule has 0 aromatic heterocycles. The Labute approximate surface area is 87.0 Å². The Morgan fingerprint density at radius 2 is 2.27 bits per heavy atom. The van der Waals surface area contributed by atoms with Gasteiger partial charge in [-0.05, 0) is 24.1 Å². The molecule has 15 heavy (non-hydrogen) atoms. The number of methoxy groups -OCH3 is 1. The summed E-state index contributed by atoms with van der Waals surface area (Å²) in [4.78, 5) is 21.0. The van der Waals surface area contributed by atoms with Gasteiger partial charge in [0.2, 0.25) is 0 Å². The molecule has 0 aliphatic heterocycles. The molecule has 4 nitrogen and oxygen atoms in total. The maximum atomic E-state index is 10.6. The van der Waals surface area contributed by atoms with E-state index < -0.39 is 5.91 Å². The second kappa shape index (κ2) is 4.82. The van der Waals surface area contributed by atoms with Gasteiger partial charge in [-0.3, -0.25) is 9.59 Å². The van der Waals surface area contributed by atoms with E-state index in [-0.39, 0.29) is 0 Å². The average Bonchev–Trinajstić information content (AvgIpc) is 2.25. The van der Waals surface area contributed by atoms with Crippen LogP contribution in [0.25, 0.3) is 0 Å². The summed E-state index contributed by atoms with van der Waals surface area (Å²) in [5, 5.41) is 0. The molecule has 0 aliphatic rings. The van der Waals surface area contributed by atoms with Gasteiger partial charge < -0.3 is 10.5 Å². The highest BCUT2D eigenvalue weighted by Crippen LogP contribution is 2.17. The molecule has 76 valence electrons. The molecule has 4 heteroatoms. The maximum absolute atomic E-state index is 10.6. The van der Waals surface area contributed by atoms with Crippen LogP contribution in [0.3, 0.4) is 0 Å². The average molecular weight is 203 g/mol. The third kappa shape index (κ3) is 2.85. The number of carbonyl (C=O) groups excluding carboxylic acids is 2. The lowest BCUT2D eigenvalue weighted by atomic mass is 10.1. The minimum atomic E-state index is -0.701. The zero-order chi connectivity index (χ0) is 11.3. The van der Waals surface area contributed by atoms with E-state index in [1.165, 1.54) is 7.11 Å². The molecular formula is C11H9NO3. The summed E-state index contributed by atoms with van der Waals surface area (Å²) in [6.45, 7) is 0. The van der Waals surface area contributed by atoms with Gasteiger partial charge in [0.05, 0.1) is 12.7 Å². The number of primary amides is 1. The van der Waals surface area contributed by atoms with Crippen LogP contribution in [0.1, 0.15) is 15.9 Å². The number of nitrogens with two attached hydrogens (primary N) is 1. The van der Waals surface area contributed by atoms with Gasteiger partial charge in [0.15, 0.2) is 6.29 Å². The largest absolute Gasteiger partial charge is 0.496 e. The first-order valence-corrected chi connectivity index (χ1v) is 4.12. The molecule has 1 aromatic rings. The summed E-state index contributed by atoms with van der Waals surface area (Å²) in [5.74, 6) is 4.46. The van der Waals surface area contributed by atoms with E-state index in [2.05, 4.69) is 11.8 Å². The van der Waals surface area contributed by atoms with E-state index in [0.29, 0.717) is 23.2 Å². The lowest BCUT2D eigenvalue weighted by Crippen LogP contribution is -2.06. The lowest BCUT2D eigenvalue weighted by molar-refractivity contribution is -0.112. The van der Waals surface area contributed by atoms with Crippen LogP contribution in [0.2, 0.25) is 0 Å². The van der Waals surface area contributed by atoms with Crippen LogP contribution in [0.4, 0.5) is 0 Å². The second-order valence-electron chi connectivity index (χ2n) is 2.69. The molecular weight excluding hydrogens is 194 g/mol. The summed E-state index contributed by atoms with van der Waals surface area (Å²) < 4.78 is 4.97. The lowest BCUT2D eigenvalue weighted by Gasteiger charge is -2.02. The Hall–Kier alpha value is -2.28. The van der Waals surface area contributed by atoms with Crippen molar-refractivity contribution in [2.45, 2.75) is 0 Å². The monoisotopic (exact) mass is 203 g/mol. The van der Waals surface area contributed by atoms with Crippen LogP contribution >= 0.6 is 0 Å². The van der Waals surface area contributed by atoms with Gasteiger partial charge in [0, 0.05) is 5.56 Å². The number of carbonyl (C=O) groups is 2. The van der Waals surface area contributed by atoms with E-state index in [4.69, 9.17) is 10.5 Å². The Balaban J connectivity index is 3.10. The number of hydrogen-bond donors (Lipinski definition) is 1. The van der Waals surface area contributed by atoms with Crippen LogP contribution in [0, 0.1) is 11.8 Å². The molecule has 0 bridgehead atoms. The van der Waals surface area contributed by atoms with Gasteiger partial charge in [-0.1, -0.05) is 5.92 Å². The molecule has 0 fully saturated rings. The molecule has 1 aromatic carbocycles. The van der Waals surface area contributed by atoms with Crippen molar-refractivity contribution in [3.8, 4) is 17.6 Å². The van der Waals surface area contributed by atoms with E-state index in [0.717, 1.165) is 0 Å². The van der Waals surface area contributed by atoms with E-state index >= 15 is 0 Å². The van der Waals surface area contributed by atoms with E-state index in [9.17, 15) is 9.59 Å². The number of amides is 1. The molecule has 0 atom stereocenters. The normalized spacial score (nSPS) is 8.60. The van der Waals surface area contributed by atoms with Gasteiger partial charge in [-0.15, -0.1) is 0 Å². The first-order valence-electron chi connectivity index (χ1n) is 4.12. The quantitative estimate of drug-likeness (QED) is 0.556. The predicted octanol–water partition coefficient (Wildman–Crippen LogP) is 0.344. The van der Waals surface area contributed by atoms with Crippen molar-refractivity contribution >= 4 is 12.2 Å². The fraction of sp³-hybridized carbons (Fsp3) is 0.0909. The van der Waals surface area contributed by atoms with Crippen LogP contribution < -0.4 is 10.5 Å². The maximum Gasteiger partial charge on any atom is 0.293 e. The fourth-order valence-electron chi connectivity index (χ4n) is 1.02. The molecule has 0 saturated carbocycles. The topological polar surface area (TPSA) is 69.4 Å². The van der Waals surface area contributed by atoms with Crippen LogP contribution in [0.5, 0.6) is 5.75 Å². The van der Waals surface area contributed by atoms with Crippen LogP contribution in [-0.2, 0) is 4.79 Å². The summed E-state index contributed by atoms with van der Waals surface area (Å²) in [6, 6.07) is 4.75. The molecule has 0 aliphatic carbocycles. The Kier molecular flexibility index (Phi) is 3.47. The Morgan fingerprint density at radius 1 is 1.53 bits per heavy atom. The Bertz CT molecular complexity index is 455. The van der Waals surface area contributed by atoms with Gasteiger partial charge in [0.25, 0.3) is 5.91 Å². The summed E-state index contributed by atoms with van der Waals surface area (Å²) in [5.41, 5.74) is 5.87. The first kappa shape index (κ1) is 10.8. The number of hydrogen-bond acceptors (Lipinski definition) is 3. The second-order valence-corrected chi connectivity index (χ2v) is 2.69. The molecule has 1 rings (SSSR count). The highest BCUT2D eigenvalue weighted by atomic mass is 16.5. The number of aldehydes is 1. The van der Waals surface area contributed by atoms with Crippen molar-refractivity contribution in [1.82, 2.24) is 0 Å². The van der Waals surface area contributed by atoms with Crippen molar-refractivity contribution < 1.29 is 14.3 Å². The van der Waals surface area contributed by atoms with Crippen LogP contribution in [-0.4, -0.2) is 19.3 Å². The Morgan fingerprint density at radius 3 is 2.80 bits per heavy atom. The van der Waals surface area contributed by atoms with E-state index in [1.54, 1.807) is 18.2 Å². The highest BCUT2D eigenvalue weighted by Gasteiger charge is 2.01. The van der Waals surface area contributed by atoms with Crippen molar-refractivity contribution in [3.63, 3.8) is 0 Å². The molecule has 0 heterocycles. The molecule has 0 saturated heterocycles. The van der Waals surface area contributed by atoms with Crippen molar-refractivity contribution in [2.75, 3.05) is 7.11 Å². The van der Waals surface area contributed by atoms with Gasteiger partial charge in [0.1, 0.15) is 5.75 Å². The first-order chi connectivity index (χ1) is 7.17. The smallest absolute Gasteiger partial charge is 0.293 e. The van der Waals surface area contributed by atoms with Crippen molar-refractivity contribution in [1.29, 1.82) is 0 Å². The summed E-state index contributed by atoms with van der Waals surface area (Å²) in [7, 11) is 1.45. The number of ether oxygens (including phenoxy) is 1. The SMILES string of the molecule is COc1cc(C#CC(N)=O)ccc1C=O. The fourth-order valence-corrected chi connectivity index (χ4v) is 1.02. The zero-order valence-corrected chi connectivity index (χ0v) is 8.11. The van der Waals surface area contributed by atoms with Crippen molar-refractivity contribution in [2.24, 2.45) is 5.73 Å². The summed E-state index contributed by atoms with van der Waals surface area (Å²) >= 11 is 0. The molecule has 2 N–H and O–H groups in total. The highest BCUT2D eigenvalue weighted by molar-refractivity contribution is 5.92. The van der Waals surface area contributed by atoms with Crippen molar-refractivity contribution in [3.05, 3.63) is 29.3 Å². The zero-order valence-electron chi connectivity index (χ0n) is 8.11. The third-order valence-corrected chi connectivity index (χ3v) is 1.69. The standard InChI is InChI=1S/C11H9NO3/c1-15-10-6-8(3-5-11(12)14)2-4-9(10)7-13/h2,4,6-7H,1H3,(H2,12,14). The predicted molar refractivity (Wildman–Crippen MR) is 54.5 cm³/mol. The van der Waals surface area contributed by atoms with E-state index in [1.807, 2.05) is 0 Å². The molecule has 0 unspecified atom stereocenters. The van der Waals surface area contributed by atoms with Gasteiger partial charge >= 0.3 is 0 Å². The molecule has 0 radical (unpaired) electrons. The molecule has 1 amide bonds.